The van der Waals surface area contributed by atoms with E-state index in [0.29, 0.717) is 29.5 Å². The molecule has 0 bridgehead atoms. The average Bonchev–Trinajstić information content (AvgIpc) is 3.08. The molecule has 0 atom stereocenters. The van der Waals surface area contributed by atoms with E-state index in [1.54, 1.807) is 6.07 Å². The number of methoxy groups -OCH3 is 1. The summed E-state index contributed by atoms with van der Waals surface area (Å²) in [6, 6.07) is 14.8. The van der Waals surface area contributed by atoms with Crippen LogP contribution < -0.4 is 15.4 Å². The number of fused-ring (bicyclic) bond motifs is 1. The van der Waals surface area contributed by atoms with E-state index in [1.165, 1.54) is 18.4 Å². The number of nitrogens with one attached hydrogen (secondary N) is 2. The molecule has 2 N–H and O–H groups in total. The van der Waals surface area contributed by atoms with Crippen LogP contribution in [0.25, 0.3) is 10.1 Å². The van der Waals surface area contributed by atoms with Crippen LogP contribution in [0.2, 0.25) is 0 Å². The molecule has 1 heterocycles. The zero-order chi connectivity index (χ0) is 19.9. The molecule has 0 unspecified atom stereocenters. The largest absolute Gasteiger partial charge is 0.491 e. The van der Waals surface area contributed by atoms with Crippen LogP contribution in [-0.4, -0.2) is 25.7 Å². The molecule has 0 spiro atoms. The fraction of sp³-hybridized carbons (Fsp3) is 0.238. The Hall–Kier alpha value is -3.06. The minimum atomic E-state index is -0.428. The van der Waals surface area contributed by atoms with E-state index in [4.69, 9.17) is 9.47 Å². The van der Waals surface area contributed by atoms with E-state index in [-0.39, 0.29) is 6.03 Å². The molecule has 146 valence electrons. The van der Waals surface area contributed by atoms with Crippen LogP contribution in [0.15, 0.2) is 48.5 Å². The van der Waals surface area contributed by atoms with E-state index >= 15 is 0 Å². The van der Waals surface area contributed by atoms with E-state index < -0.39 is 5.97 Å². The monoisotopic (exact) mass is 398 g/mol. The van der Waals surface area contributed by atoms with Gasteiger partial charge in [-0.1, -0.05) is 37.3 Å². The van der Waals surface area contributed by atoms with Gasteiger partial charge in [-0.2, -0.15) is 0 Å². The topological polar surface area (TPSA) is 76.7 Å². The molecule has 1 aromatic heterocycles. The Morgan fingerprint density at radius 2 is 1.89 bits per heavy atom. The molecule has 0 saturated carbocycles. The van der Waals surface area contributed by atoms with Gasteiger partial charge in [-0.05, 0) is 30.2 Å². The minimum absolute atomic E-state index is 0.303. The van der Waals surface area contributed by atoms with Crippen LogP contribution in [-0.2, 0) is 11.3 Å². The van der Waals surface area contributed by atoms with Crippen LogP contribution in [0.1, 0.15) is 28.6 Å². The molecular formula is C21H22N2O4S. The molecule has 0 fully saturated rings. The second kappa shape index (κ2) is 9.23. The molecule has 0 radical (unpaired) electrons. The predicted molar refractivity (Wildman–Crippen MR) is 111 cm³/mol. The third-order valence-electron chi connectivity index (χ3n) is 4.02. The first kappa shape index (κ1) is 19.7. The number of carbonyl (C=O) groups is 2. The van der Waals surface area contributed by atoms with E-state index in [1.807, 2.05) is 49.4 Å². The average molecular weight is 398 g/mol. The number of hydrogen-bond acceptors (Lipinski definition) is 5. The fourth-order valence-electron chi connectivity index (χ4n) is 2.68. The maximum Gasteiger partial charge on any atom is 0.351 e. The zero-order valence-electron chi connectivity index (χ0n) is 15.8. The number of hydrogen-bond donors (Lipinski definition) is 2. The third kappa shape index (κ3) is 4.61. The molecule has 28 heavy (non-hydrogen) atoms. The van der Waals surface area contributed by atoms with Crippen molar-refractivity contribution in [3.8, 4) is 5.75 Å². The lowest BCUT2D eigenvalue weighted by Crippen LogP contribution is -2.28. The first-order valence-corrected chi connectivity index (χ1v) is 9.80. The summed E-state index contributed by atoms with van der Waals surface area (Å²) in [5.41, 5.74) is 1.64. The van der Waals surface area contributed by atoms with Gasteiger partial charge in [0.1, 0.15) is 0 Å². The second-order valence-electron chi connectivity index (χ2n) is 6.10. The molecule has 3 aromatic rings. The van der Waals surface area contributed by atoms with Gasteiger partial charge in [0, 0.05) is 22.3 Å². The second-order valence-corrected chi connectivity index (χ2v) is 7.16. The molecule has 0 aliphatic rings. The molecule has 3 rings (SSSR count). The number of thiophene rings is 1. The Bertz CT molecular complexity index is 969. The third-order valence-corrected chi connectivity index (χ3v) is 5.15. The van der Waals surface area contributed by atoms with Gasteiger partial charge in [0.25, 0.3) is 0 Å². The van der Waals surface area contributed by atoms with Gasteiger partial charge in [0.15, 0.2) is 10.6 Å². The van der Waals surface area contributed by atoms with Crippen LogP contribution in [0, 0.1) is 0 Å². The standard InChI is InChI=1S/C21H22N2O4S/c1-3-11-27-18-16-12-15(9-10-17(16)28-19(18)20(24)26-2)23-21(25)22-13-14-7-5-4-6-8-14/h4-10,12H,3,11,13H2,1-2H3,(H2,22,23,25). The number of amides is 2. The van der Waals surface area contributed by atoms with Crippen molar-refractivity contribution in [1.82, 2.24) is 5.32 Å². The van der Waals surface area contributed by atoms with Gasteiger partial charge in [-0.15, -0.1) is 11.3 Å². The van der Waals surface area contributed by atoms with Crippen molar-refractivity contribution >= 4 is 39.1 Å². The van der Waals surface area contributed by atoms with E-state index in [2.05, 4.69) is 10.6 Å². The Morgan fingerprint density at radius 3 is 2.61 bits per heavy atom. The van der Waals surface area contributed by atoms with Crippen molar-refractivity contribution in [3.05, 3.63) is 59.0 Å². The Kier molecular flexibility index (Phi) is 6.49. The van der Waals surface area contributed by atoms with Crippen LogP contribution in [0.5, 0.6) is 5.75 Å². The van der Waals surface area contributed by atoms with Gasteiger partial charge in [0.2, 0.25) is 0 Å². The van der Waals surface area contributed by atoms with Crippen LogP contribution >= 0.6 is 11.3 Å². The lowest BCUT2D eigenvalue weighted by atomic mass is 10.2. The summed E-state index contributed by atoms with van der Waals surface area (Å²) in [5, 5.41) is 6.42. The zero-order valence-corrected chi connectivity index (χ0v) is 16.6. The van der Waals surface area contributed by atoms with Crippen molar-refractivity contribution in [2.75, 3.05) is 19.0 Å². The van der Waals surface area contributed by atoms with E-state index in [9.17, 15) is 9.59 Å². The first-order chi connectivity index (χ1) is 13.6. The van der Waals surface area contributed by atoms with Crippen molar-refractivity contribution < 1.29 is 19.1 Å². The van der Waals surface area contributed by atoms with Crippen LogP contribution in [0.4, 0.5) is 10.5 Å². The van der Waals surface area contributed by atoms with Gasteiger partial charge < -0.3 is 20.1 Å². The van der Waals surface area contributed by atoms with Gasteiger partial charge in [-0.3, -0.25) is 0 Å². The van der Waals surface area contributed by atoms with Crippen molar-refractivity contribution in [2.45, 2.75) is 19.9 Å². The maximum atomic E-state index is 12.2. The Morgan fingerprint density at radius 1 is 1.11 bits per heavy atom. The van der Waals surface area contributed by atoms with E-state index in [0.717, 1.165) is 22.1 Å². The SMILES string of the molecule is CCCOc1c(C(=O)OC)sc2ccc(NC(=O)NCc3ccccc3)cc12. The number of esters is 1. The first-order valence-electron chi connectivity index (χ1n) is 8.98. The number of ether oxygens (including phenoxy) is 2. The highest BCUT2D eigenvalue weighted by molar-refractivity contribution is 7.21. The quantitative estimate of drug-likeness (QED) is 0.561. The number of anilines is 1. The summed E-state index contributed by atoms with van der Waals surface area (Å²) in [6.07, 6.45) is 0.817. The normalized spacial score (nSPS) is 10.5. The smallest absolute Gasteiger partial charge is 0.351 e. The highest BCUT2D eigenvalue weighted by atomic mass is 32.1. The summed E-state index contributed by atoms with van der Waals surface area (Å²) in [5.74, 6) is 0.0736. The summed E-state index contributed by atoms with van der Waals surface area (Å²) in [4.78, 5) is 24.7. The molecule has 2 aromatic carbocycles. The predicted octanol–water partition coefficient (Wildman–Crippen LogP) is 4.80. The van der Waals surface area contributed by atoms with Crippen molar-refractivity contribution in [3.63, 3.8) is 0 Å². The molecule has 2 amide bonds. The van der Waals surface area contributed by atoms with Crippen molar-refractivity contribution in [2.24, 2.45) is 0 Å². The maximum absolute atomic E-state index is 12.2. The number of rotatable bonds is 7. The summed E-state index contributed by atoms with van der Waals surface area (Å²) >= 11 is 1.31. The number of urea groups is 1. The summed E-state index contributed by atoms with van der Waals surface area (Å²) in [6.45, 7) is 2.92. The molecular weight excluding hydrogens is 376 g/mol. The number of carbonyl (C=O) groups excluding carboxylic acids is 2. The lowest BCUT2D eigenvalue weighted by molar-refractivity contribution is 0.0602. The molecule has 6 nitrogen and oxygen atoms in total. The lowest BCUT2D eigenvalue weighted by Gasteiger charge is -2.09. The van der Waals surface area contributed by atoms with Gasteiger partial charge >= 0.3 is 12.0 Å². The Balaban J connectivity index is 1.78. The summed E-state index contributed by atoms with van der Waals surface area (Å²) < 4.78 is 11.6. The Labute approximate surface area is 167 Å². The molecule has 0 aliphatic heterocycles. The van der Waals surface area contributed by atoms with Gasteiger partial charge in [-0.25, -0.2) is 9.59 Å². The highest BCUT2D eigenvalue weighted by Gasteiger charge is 2.21. The molecule has 7 heteroatoms. The van der Waals surface area contributed by atoms with Gasteiger partial charge in [0.05, 0.1) is 13.7 Å². The molecule has 0 aliphatic carbocycles. The molecule has 0 saturated heterocycles. The highest BCUT2D eigenvalue weighted by Crippen LogP contribution is 2.39. The van der Waals surface area contributed by atoms with Crippen molar-refractivity contribution in [1.29, 1.82) is 0 Å². The summed E-state index contributed by atoms with van der Waals surface area (Å²) in [7, 11) is 1.35. The number of benzene rings is 2. The van der Waals surface area contributed by atoms with Crippen LogP contribution in [0.3, 0.4) is 0 Å². The fourth-order valence-corrected chi connectivity index (χ4v) is 3.73. The minimum Gasteiger partial charge on any atom is -0.491 e.